The molecule has 2 unspecified atom stereocenters. The Bertz CT molecular complexity index is 751. The van der Waals surface area contributed by atoms with Crippen molar-refractivity contribution in [3.8, 4) is 0 Å². The van der Waals surface area contributed by atoms with Crippen LogP contribution in [-0.4, -0.2) is 56.0 Å². The number of ether oxygens (including phenoxy) is 1. The quantitative estimate of drug-likeness (QED) is 0.595. The molecule has 8 nitrogen and oxygen atoms in total. The van der Waals surface area contributed by atoms with E-state index in [0.29, 0.717) is 31.9 Å². The van der Waals surface area contributed by atoms with Crippen molar-refractivity contribution in [1.82, 2.24) is 4.31 Å². The third-order valence-corrected chi connectivity index (χ3v) is 6.53. The number of rotatable bonds is 4. The number of benzene rings is 1. The first-order valence-electron chi connectivity index (χ1n) is 8.48. The van der Waals surface area contributed by atoms with Crippen LogP contribution in [0.25, 0.3) is 0 Å². The summed E-state index contributed by atoms with van der Waals surface area (Å²) < 4.78 is 33.3. The van der Waals surface area contributed by atoms with E-state index >= 15 is 0 Å². The summed E-state index contributed by atoms with van der Waals surface area (Å²) in [7, 11) is -3.76. The molecule has 0 amide bonds. The monoisotopic (exact) mass is 369 g/mol. The lowest BCUT2D eigenvalue weighted by Gasteiger charge is -2.37. The molecule has 0 spiro atoms. The molecule has 0 bridgehead atoms. The first kappa shape index (κ1) is 18.1. The van der Waals surface area contributed by atoms with E-state index in [4.69, 9.17) is 4.74 Å². The minimum Gasteiger partial charge on any atom is -0.372 e. The van der Waals surface area contributed by atoms with E-state index in [-0.39, 0.29) is 22.8 Å². The maximum atomic E-state index is 13.1. The lowest BCUT2D eigenvalue weighted by atomic mass is 10.2. The Hall–Kier alpha value is -1.71. The molecule has 2 aliphatic rings. The zero-order valence-electron chi connectivity index (χ0n) is 14.4. The van der Waals surface area contributed by atoms with Crippen LogP contribution in [-0.2, 0) is 14.8 Å². The predicted octanol–water partition coefficient (Wildman–Crippen LogP) is 1.99. The second-order valence-electron chi connectivity index (χ2n) is 6.68. The van der Waals surface area contributed by atoms with Crippen molar-refractivity contribution in [2.75, 3.05) is 31.1 Å². The van der Waals surface area contributed by atoms with Gasteiger partial charge >= 0.3 is 0 Å². The van der Waals surface area contributed by atoms with Crippen LogP contribution >= 0.6 is 0 Å². The molecule has 0 aliphatic carbocycles. The van der Waals surface area contributed by atoms with Crippen molar-refractivity contribution in [1.29, 1.82) is 0 Å². The van der Waals surface area contributed by atoms with Gasteiger partial charge in [-0.3, -0.25) is 10.1 Å². The second-order valence-corrected chi connectivity index (χ2v) is 8.59. The molecule has 2 fully saturated rings. The van der Waals surface area contributed by atoms with E-state index in [0.717, 1.165) is 12.8 Å². The van der Waals surface area contributed by atoms with Gasteiger partial charge in [-0.2, -0.15) is 4.31 Å². The molecule has 2 saturated heterocycles. The first-order valence-corrected chi connectivity index (χ1v) is 9.92. The summed E-state index contributed by atoms with van der Waals surface area (Å²) in [4.78, 5) is 12.6. The topological polar surface area (TPSA) is 93.0 Å². The molecule has 0 saturated carbocycles. The number of morpholine rings is 1. The summed E-state index contributed by atoms with van der Waals surface area (Å²) in [5.41, 5.74) is 0.301. The SMILES string of the molecule is CC1CN(c2ccc([N+](=O)[O-])cc2S(=O)(=O)N2CCCC2)CC(C)O1. The summed E-state index contributed by atoms with van der Waals surface area (Å²) in [5.74, 6) is 0. The maximum Gasteiger partial charge on any atom is 0.270 e. The van der Waals surface area contributed by atoms with Gasteiger partial charge in [-0.15, -0.1) is 0 Å². The summed E-state index contributed by atoms with van der Waals surface area (Å²) in [6.45, 7) is 5.88. The number of anilines is 1. The molecule has 0 aromatic heterocycles. The number of sulfonamides is 1. The number of hydrogen-bond donors (Lipinski definition) is 0. The Kier molecular flexibility index (Phi) is 4.99. The van der Waals surface area contributed by atoms with Gasteiger partial charge in [-0.25, -0.2) is 8.42 Å². The molecule has 0 N–H and O–H groups in total. The van der Waals surface area contributed by atoms with Crippen LogP contribution in [0.1, 0.15) is 26.7 Å². The Balaban J connectivity index is 2.07. The zero-order chi connectivity index (χ0) is 18.2. The van der Waals surface area contributed by atoms with Gasteiger partial charge in [0.05, 0.1) is 22.8 Å². The van der Waals surface area contributed by atoms with Gasteiger partial charge in [0.25, 0.3) is 5.69 Å². The van der Waals surface area contributed by atoms with E-state index in [2.05, 4.69) is 0 Å². The molecule has 2 heterocycles. The summed E-state index contributed by atoms with van der Waals surface area (Å²) >= 11 is 0. The van der Waals surface area contributed by atoms with Crippen molar-refractivity contribution in [3.05, 3.63) is 28.3 Å². The molecule has 25 heavy (non-hydrogen) atoms. The normalized spacial score (nSPS) is 25.3. The van der Waals surface area contributed by atoms with Gasteiger partial charge in [-0.1, -0.05) is 0 Å². The first-order chi connectivity index (χ1) is 11.8. The standard InChI is InChI=1S/C16H23N3O5S/c1-12-10-17(11-13(2)24-12)15-6-5-14(19(20)21)9-16(15)25(22,23)18-7-3-4-8-18/h5-6,9,12-13H,3-4,7-8,10-11H2,1-2H3. The minimum absolute atomic E-state index is 0.0184. The van der Waals surface area contributed by atoms with Crippen LogP contribution in [0.15, 0.2) is 23.1 Å². The molecular weight excluding hydrogens is 346 g/mol. The molecule has 1 aromatic carbocycles. The molecular formula is C16H23N3O5S. The second kappa shape index (κ2) is 6.89. The van der Waals surface area contributed by atoms with Crippen molar-refractivity contribution in [2.24, 2.45) is 0 Å². The lowest BCUT2D eigenvalue weighted by Crippen LogP contribution is -2.46. The fourth-order valence-corrected chi connectivity index (χ4v) is 5.27. The summed E-state index contributed by atoms with van der Waals surface area (Å²) in [6.07, 6.45) is 1.55. The molecule has 0 radical (unpaired) electrons. The smallest absolute Gasteiger partial charge is 0.270 e. The minimum atomic E-state index is -3.76. The Morgan fingerprint density at radius 2 is 1.76 bits per heavy atom. The highest BCUT2D eigenvalue weighted by Crippen LogP contribution is 2.34. The summed E-state index contributed by atoms with van der Waals surface area (Å²) in [5, 5.41) is 11.2. The number of nitro groups is 1. The lowest BCUT2D eigenvalue weighted by molar-refractivity contribution is -0.385. The van der Waals surface area contributed by atoms with Crippen molar-refractivity contribution >= 4 is 21.4 Å². The van der Waals surface area contributed by atoms with E-state index in [1.807, 2.05) is 18.7 Å². The third-order valence-electron chi connectivity index (χ3n) is 4.60. The molecule has 3 rings (SSSR count). The number of nitro benzene ring substituents is 1. The van der Waals surface area contributed by atoms with Crippen molar-refractivity contribution in [3.63, 3.8) is 0 Å². The molecule has 2 atom stereocenters. The van der Waals surface area contributed by atoms with Gasteiger partial charge < -0.3 is 9.64 Å². The predicted molar refractivity (Wildman–Crippen MR) is 93.3 cm³/mol. The van der Waals surface area contributed by atoms with E-state index in [1.54, 1.807) is 6.07 Å². The molecule has 9 heteroatoms. The third kappa shape index (κ3) is 3.63. The van der Waals surface area contributed by atoms with Crippen LogP contribution in [0.2, 0.25) is 0 Å². The fourth-order valence-electron chi connectivity index (χ4n) is 3.53. The van der Waals surface area contributed by atoms with Crippen molar-refractivity contribution < 1.29 is 18.1 Å². The number of hydrogen-bond acceptors (Lipinski definition) is 6. The van der Waals surface area contributed by atoms with Crippen LogP contribution in [0.4, 0.5) is 11.4 Å². The van der Waals surface area contributed by atoms with Gasteiger partial charge in [-0.05, 0) is 32.8 Å². The van der Waals surface area contributed by atoms with Crippen LogP contribution in [0.5, 0.6) is 0 Å². The van der Waals surface area contributed by atoms with Gasteiger partial charge in [0, 0.05) is 38.3 Å². The average molecular weight is 369 g/mol. The molecule has 138 valence electrons. The van der Waals surface area contributed by atoms with E-state index in [1.165, 1.54) is 16.4 Å². The van der Waals surface area contributed by atoms with Crippen molar-refractivity contribution in [2.45, 2.75) is 43.8 Å². The van der Waals surface area contributed by atoms with Gasteiger partial charge in [0.1, 0.15) is 4.90 Å². The Morgan fingerprint density at radius 1 is 1.16 bits per heavy atom. The number of nitrogens with zero attached hydrogens (tertiary/aromatic N) is 3. The highest BCUT2D eigenvalue weighted by Gasteiger charge is 2.34. The largest absolute Gasteiger partial charge is 0.372 e. The van der Waals surface area contributed by atoms with Crippen LogP contribution in [0.3, 0.4) is 0 Å². The number of non-ortho nitro benzene ring substituents is 1. The maximum absolute atomic E-state index is 13.1. The highest BCUT2D eigenvalue weighted by molar-refractivity contribution is 7.89. The van der Waals surface area contributed by atoms with Gasteiger partial charge in [0.2, 0.25) is 10.0 Å². The Labute approximate surface area is 147 Å². The summed E-state index contributed by atoms with van der Waals surface area (Å²) in [6, 6.07) is 4.10. The zero-order valence-corrected chi connectivity index (χ0v) is 15.2. The van der Waals surface area contributed by atoms with Crippen LogP contribution in [0, 0.1) is 10.1 Å². The van der Waals surface area contributed by atoms with Crippen LogP contribution < -0.4 is 4.90 Å². The van der Waals surface area contributed by atoms with Gasteiger partial charge in [0.15, 0.2) is 0 Å². The Morgan fingerprint density at radius 3 is 2.32 bits per heavy atom. The molecule has 1 aromatic rings. The average Bonchev–Trinajstić information content (AvgIpc) is 3.08. The molecule has 2 aliphatic heterocycles. The van der Waals surface area contributed by atoms with E-state index in [9.17, 15) is 18.5 Å². The highest BCUT2D eigenvalue weighted by atomic mass is 32.2. The fraction of sp³-hybridized carbons (Fsp3) is 0.625. The van der Waals surface area contributed by atoms with E-state index < -0.39 is 14.9 Å².